The first-order chi connectivity index (χ1) is 17.1. The van der Waals surface area contributed by atoms with Crippen molar-refractivity contribution in [3.8, 4) is 5.75 Å². The molecule has 0 saturated carbocycles. The SMILES string of the molecule is COc1ccc(NC(=S)c2c(C)c3c4n(c(CN5CCCc6ccccc65)nn24)CCCC3)cc1. The Bertz CT molecular complexity index is 1400. The van der Waals surface area contributed by atoms with Crippen molar-refractivity contribution in [1.29, 1.82) is 0 Å². The molecular formula is C28H31N5OS. The lowest BCUT2D eigenvalue weighted by atomic mass is 10.0. The lowest BCUT2D eigenvalue weighted by Crippen LogP contribution is -2.30. The van der Waals surface area contributed by atoms with Crippen LogP contribution in [0.3, 0.4) is 0 Å². The number of hydrogen-bond donors (Lipinski definition) is 1. The van der Waals surface area contributed by atoms with Gasteiger partial charge in [0.15, 0.2) is 5.82 Å². The van der Waals surface area contributed by atoms with Crippen LogP contribution in [0, 0.1) is 6.92 Å². The smallest absolute Gasteiger partial charge is 0.151 e. The second-order valence-corrected chi connectivity index (χ2v) is 9.96. The van der Waals surface area contributed by atoms with Gasteiger partial charge in [0.2, 0.25) is 0 Å². The molecule has 2 aliphatic rings. The van der Waals surface area contributed by atoms with Gasteiger partial charge in [-0.15, -0.1) is 0 Å². The molecule has 6 nitrogen and oxygen atoms in total. The predicted octanol–water partition coefficient (Wildman–Crippen LogP) is 5.53. The molecule has 6 rings (SSSR count). The molecule has 2 aromatic carbocycles. The van der Waals surface area contributed by atoms with E-state index in [1.807, 2.05) is 24.3 Å². The second kappa shape index (κ2) is 9.04. The van der Waals surface area contributed by atoms with Crippen LogP contribution in [0.25, 0.3) is 5.65 Å². The summed E-state index contributed by atoms with van der Waals surface area (Å²) < 4.78 is 9.85. The summed E-state index contributed by atoms with van der Waals surface area (Å²) in [6.45, 7) is 5.07. The van der Waals surface area contributed by atoms with E-state index in [0.29, 0.717) is 4.99 Å². The minimum Gasteiger partial charge on any atom is -0.497 e. The number of rotatable bonds is 5. The first-order valence-electron chi connectivity index (χ1n) is 12.5. The van der Waals surface area contributed by atoms with Crippen molar-refractivity contribution in [1.82, 2.24) is 14.2 Å². The Morgan fingerprint density at radius 2 is 1.86 bits per heavy atom. The number of aryl methyl sites for hydroxylation is 3. The van der Waals surface area contributed by atoms with E-state index in [1.165, 1.54) is 47.3 Å². The van der Waals surface area contributed by atoms with Gasteiger partial charge in [-0.3, -0.25) is 0 Å². The fourth-order valence-electron chi connectivity index (χ4n) is 5.67. The summed E-state index contributed by atoms with van der Waals surface area (Å²) >= 11 is 5.94. The minimum atomic E-state index is 0.703. The average molecular weight is 486 g/mol. The maximum absolute atomic E-state index is 5.94. The van der Waals surface area contributed by atoms with Crippen molar-refractivity contribution < 1.29 is 4.74 Å². The number of hydrogen-bond acceptors (Lipinski definition) is 4. The van der Waals surface area contributed by atoms with E-state index in [9.17, 15) is 0 Å². The van der Waals surface area contributed by atoms with Gasteiger partial charge in [0, 0.05) is 30.0 Å². The highest BCUT2D eigenvalue weighted by atomic mass is 32.1. The van der Waals surface area contributed by atoms with Crippen LogP contribution in [-0.2, 0) is 25.9 Å². The summed E-state index contributed by atoms with van der Waals surface area (Å²) in [4.78, 5) is 3.20. The van der Waals surface area contributed by atoms with Crippen LogP contribution < -0.4 is 15.0 Å². The van der Waals surface area contributed by atoms with Gasteiger partial charge >= 0.3 is 0 Å². The highest BCUT2D eigenvalue weighted by Crippen LogP contribution is 2.32. The summed E-state index contributed by atoms with van der Waals surface area (Å²) in [5.41, 5.74) is 8.58. The number of para-hydroxylation sites is 1. The molecular weight excluding hydrogens is 454 g/mol. The van der Waals surface area contributed by atoms with E-state index in [0.717, 1.165) is 55.4 Å². The molecule has 2 aromatic heterocycles. The van der Waals surface area contributed by atoms with Gasteiger partial charge in [0.25, 0.3) is 0 Å². The number of benzene rings is 2. The third-order valence-corrected chi connectivity index (χ3v) is 7.73. The van der Waals surface area contributed by atoms with Gasteiger partial charge in [-0.2, -0.15) is 5.10 Å². The molecule has 0 spiro atoms. The zero-order chi connectivity index (χ0) is 23.9. The molecule has 0 saturated heterocycles. The van der Waals surface area contributed by atoms with Crippen LogP contribution in [0.15, 0.2) is 48.5 Å². The Kier molecular flexibility index (Phi) is 5.72. The van der Waals surface area contributed by atoms with Crippen LogP contribution in [-0.4, -0.2) is 32.8 Å². The molecule has 0 amide bonds. The molecule has 1 N–H and O–H groups in total. The topological polar surface area (TPSA) is 46.7 Å². The van der Waals surface area contributed by atoms with E-state index in [1.54, 1.807) is 7.11 Å². The average Bonchev–Trinajstić information content (AvgIpc) is 3.23. The second-order valence-electron chi connectivity index (χ2n) is 9.55. The van der Waals surface area contributed by atoms with E-state index in [-0.39, 0.29) is 0 Å². The molecule has 180 valence electrons. The Morgan fingerprint density at radius 1 is 1.03 bits per heavy atom. The van der Waals surface area contributed by atoms with E-state index in [2.05, 4.69) is 50.5 Å². The van der Waals surface area contributed by atoms with Gasteiger partial charge in [-0.1, -0.05) is 30.4 Å². The lowest BCUT2D eigenvalue weighted by Gasteiger charge is -2.31. The fraction of sp³-hybridized carbons (Fsp3) is 0.357. The Hall–Kier alpha value is -3.32. The van der Waals surface area contributed by atoms with Gasteiger partial charge in [-0.25, -0.2) is 4.52 Å². The normalized spacial score (nSPS) is 15.1. The van der Waals surface area contributed by atoms with Crippen molar-refractivity contribution >= 4 is 34.2 Å². The number of thiocarbonyl (C=S) groups is 1. The number of nitrogens with one attached hydrogen (secondary N) is 1. The molecule has 0 radical (unpaired) electrons. The first kappa shape index (κ1) is 22.2. The zero-order valence-electron chi connectivity index (χ0n) is 20.4. The summed E-state index contributed by atoms with van der Waals surface area (Å²) in [5, 5.41) is 8.63. The van der Waals surface area contributed by atoms with Gasteiger partial charge in [0.1, 0.15) is 22.1 Å². The van der Waals surface area contributed by atoms with Crippen molar-refractivity contribution in [2.45, 2.75) is 52.1 Å². The zero-order valence-corrected chi connectivity index (χ0v) is 21.2. The summed E-state index contributed by atoms with van der Waals surface area (Å²) in [5.74, 6) is 1.95. The van der Waals surface area contributed by atoms with E-state index in [4.69, 9.17) is 22.1 Å². The Labute approximate surface area is 211 Å². The van der Waals surface area contributed by atoms with E-state index < -0.39 is 0 Å². The maximum Gasteiger partial charge on any atom is 0.151 e. The van der Waals surface area contributed by atoms with E-state index >= 15 is 0 Å². The summed E-state index contributed by atoms with van der Waals surface area (Å²) in [6, 6.07) is 16.7. The predicted molar refractivity (Wildman–Crippen MR) is 145 cm³/mol. The Balaban J connectivity index is 1.38. The third kappa shape index (κ3) is 3.88. The number of fused-ring (bicyclic) bond motifs is 1. The van der Waals surface area contributed by atoms with Crippen molar-refractivity contribution in [3.63, 3.8) is 0 Å². The van der Waals surface area contributed by atoms with Crippen LogP contribution in [0.2, 0.25) is 0 Å². The fourth-order valence-corrected chi connectivity index (χ4v) is 6.03. The molecule has 0 fully saturated rings. The van der Waals surface area contributed by atoms with Gasteiger partial charge in [0.05, 0.1) is 13.7 Å². The molecule has 35 heavy (non-hydrogen) atoms. The number of anilines is 2. The van der Waals surface area contributed by atoms with Crippen LogP contribution in [0.5, 0.6) is 5.75 Å². The molecule has 0 bridgehead atoms. The van der Waals surface area contributed by atoms with Crippen LogP contribution in [0.1, 0.15) is 47.5 Å². The number of ether oxygens (including phenoxy) is 1. The number of nitrogens with zero attached hydrogens (tertiary/aromatic N) is 4. The van der Waals surface area contributed by atoms with Gasteiger partial charge < -0.3 is 19.5 Å². The summed E-state index contributed by atoms with van der Waals surface area (Å²) in [6.07, 6.45) is 5.77. The standard InChI is InChI=1S/C28H31N5OS/c1-19-23-10-5-6-17-32-25(18-31-16-7-9-20-8-3-4-11-24(20)31)30-33(28(23)32)26(19)27(35)29-21-12-14-22(34-2)15-13-21/h3-4,8,11-15H,5-7,9-10,16-18H2,1-2H3,(H,29,35). The minimum absolute atomic E-state index is 0.703. The Morgan fingerprint density at radius 3 is 2.69 bits per heavy atom. The molecule has 2 aliphatic heterocycles. The van der Waals surface area contributed by atoms with Gasteiger partial charge in [-0.05, 0) is 80.5 Å². The molecule has 0 unspecified atom stereocenters. The van der Waals surface area contributed by atoms with Crippen LogP contribution >= 0.6 is 12.2 Å². The number of aromatic nitrogens is 3. The largest absolute Gasteiger partial charge is 0.497 e. The lowest BCUT2D eigenvalue weighted by molar-refractivity contribution is 0.415. The molecule has 0 atom stereocenters. The first-order valence-corrected chi connectivity index (χ1v) is 12.9. The van der Waals surface area contributed by atoms with Crippen molar-refractivity contribution in [2.24, 2.45) is 0 Å². The highest BCUT2D eigenvalue weighted by molar-refractivity contribution is 7.81. The van der Waals surface area contributed by atoms with Crippen molar-refractivity contribution in [2.75, 3.05) is 23.9 Å². The molecule has 4 aromatic rings. The van der Waals surface area contributed by atoms with Crippen molar-refractivity contribution in [3.05, 3.63) is 76.7 Å². The molecule has 0 aliphatic carbocycles. The summed E-state index contributed by atoms with van der Waals surface area (Å²) in [7, 11) is 1.68. The quantitative estimate of drug-likeness (QED) is 0.377. The monoisotopic (exact) mass is 485 g/mol. The molecule has 7 heteroatoms. The maximum atomic E-state index is 5.94. The molecule has 4 heterocycles. The number of methoxy groups -OCH3 is 1. The third-order valence-electron chi connectivity index (χ3n) is 7.43. The highest BCUT2D eigenvalue weighted by Gasteiger charge is 2.27. The van der Waals surface area contributed by atoms with Crippen LogP contribution in [0.4, 0.5) is 11.4 Å².